The average Bonchev–Trinajstić information content (AvgIpc) is 2.75. The van der Waals surface area contributed by atoms with Crippen molar-refractivity contribution in [2.45, 2.75) is 25.7 Å². The number of rotatable bonds is 3. The Morgan fingerprint density at radius 3 is 2.05 bits per heavy atom. The van der Waals surface area contributed by atoms with E-state index < -0.39 is 0 Å². The van der Waals surface area contributed by atoms with Crippen LogP contribution in [-0.4, -0.2) is 37.3 Å². The maximum Gasteiger partial charge on any atom is 0.173 e. The predicted molar refractivity (Wildman–Crippen MR) is 85.8 cm³/mol. The van der Waals surface area contributed by atoms with Crippen LogP contribution in [0.3, 0.4) is 0 Å². The summed E-state index contributed by atoms with van der Waals surface area (Å²) in [6.07, 6.45) is 5.02. The Balaban J connectivity index is 2.06. The Morgan fingerprint density at radius 1 is 1.00 bits per heavy atom. The fourth-order valence-corrected chi connectivity index (χ4v) is 2.66. The molecule has 0 radical (unpaired) electrons. The number of anilines is 1. The number of ether oxygens (including phenoxy) is 2. The van der Waals surface area contributed by atoms with Gasteiger partial charge in [-0.3, -0.25) is 0 Å². The van der Waals surface area contributed by atoms with Crippen molar-refractivity contribution in [2.24, 2.45) is 0 Å². The van der Waals surface area contributed by atoms with Crippen LogP contribution in [0.25, 0.3) is 0 Å². The van der Waals surface area contributed by atoms with Gasteiger partial charge < -0.3 is 19.7 Å². The van der Waals surface area contributed by atoms with Crippen LogP contribution in [0, 0.1) is 0 Å². The molecule has 1 fully saturated rings. The largest absolute Gasteiger partial charge is 0.497 e. The van der Waals surface area contributed by atoms with Crippen molar-refractivity contribution in [3.8, 4) is 11.5 Å². The highest BCUT2D eigenvalue weighted by Crippen LogP contribution is 2.26. The van der Waals surface area contributed by atoms with E-state index in [9.17, 15) is 0 Å². The van der Waals surface area contributed by atoms with Crippen LogP contribution in [0.2, 0.25) is 0 Å². The highest BCUT2D eigenvalue weighted by Gasteiger charge is 2.13. The van der Waals surface area contributed by atoms with E-state index >= 15 is 0 Å². The Bertz CT molecular complexity index is 435. The van der Waals surface area contributed by atoms with Gasteiger partial charge in [0, 0.05) is 37.0 Å². The Labute approximate surface area is 126 Å². The predicted octanol–water partition coefficient (Wildman–Crippen LogP) is 3.28. The number of hydrogen-bond acceptors (Lipinski definition) is 3. The van der Waals surface area contributed by atoms with E-state index in [2.05, 4.69) is 10.2 Å². The topological polar surface area (TPSA) is 33.7 Å². The summed E-state index contributed by atoms with van der Waals surface area (Å²) >= 11 is 5.51. The van der Waals surface area contributed by atoms with E-state index in [0.717, 1.165) is 35.4 Å². The molecular formula is C15H22N2O2S. The number of nitrogens with zero attached hydrogens (tertiary/aromatic N) is 1. The maximum absolute atomic E-state index is 5.51. The summed E-state index contributed by atoms with van der Waals surface area (Å²) in [5.74, 6) is 1.51. The lowest BCUT2D eigenvalue weighted by molar-refractivity contribution is 0.394. The summed E-state index contributed by atoms with van der Waals surface area (Å²) in [5, 5.41) is 4.07. The molecule has 1 aromatic carbocycles. The van der Waals surface area contributed by atoms with E-state index in [1.165, 1.54) is 25.7 Å². The first-order valence-corrected chi connectivity index (χ1v) is 7.43. The van der Waals surface area contributed by atoms with Crippen LogP contribution in [0.15, 0.2) is 18.2 Å². The summed E-state index contributed by atoms with van der Waals surface area (Å²) in [6, 6.07) is 5.69. The van der Waals surface area contributed by atoms with Crippen molar-refractivity contribution in [2.75, 3.05) is 32.6 Å². The lowest BCUT2D eigenvalue weighted by Crippen LogP contribution is -2.35. The van der Waals surface area contributed by atoms with E-state index in [4.69, 9.17) is 21.7 Å². The van der Waals surface area contributed by atoms with Gasteiger partial charge in [-0.2, -0.15) is 0 Å². The monoisotopic (exact) mass is 294 g/mol. The van der Waals surface area contributed by atoms with Gasteiger partial charge in [-0.25, -0.2) is 0 Å². The fourth-order valence-electron chi connectivity index (χ4n) is 2.36. The Morgan fingerprint density at radius 2 is 1.55 bits per heavy atom. The molecule has 110 valence electrons. The summed E-state index contributed by atoms with van der Waals surface area (Å²) in [7, 11) is 3.29. The number of methoxy groups -OCH3 is 2. The number of benzene rings is 1. The van der Waals surface area contributed by atoms with Crippen LogP contribution in [0.4, 0.5) is 5.69 Å². The van der Waals surface area contributed by atoms with Crippen LogP contribution in [0.1, 0.15) is 25.7 Å². The number of likely N-dealkylation sites (tertiary alicyclic amines) is 1. The number of nitrogens with one attached hydrogen (secondary N) is 1. The minimum Gasteiger partial charge on any atom is -0.497 e. The second kappa shape index (κ2) is 7.33. The first-order chi connectivity index (χ1) is 9.72. The van der Waals surface area contributed by atoms with Crippen molar-refractivity contribution in [1.29, 1.82) is 0 Å². The fraction of sp³-hybridized carbons (Fsp3) is 0.533. The molecule has 5 heteroatoms. The molecule has 1 N–H and O–H groups in total. The minimum atomic E-state index is 0.755. The van der Waals surface area contributed by atoms with Crippen molar-refractivity contribution < 1.29 is 9.47 Å². The molecule has 20 heavy (non-hydrogen) atoms. The van der Waals surface area contributed by atoms with Crippen molar-refractivity contribution in [3.05, 3.63) is 18.2 Å². The van der Waals surface area contributed by atoms with Gasteiger partial charge in [0.05, 0.1) is 14.2 Å². The molecule has 0 atom stereocenters. The molecule has 0 spiro atoms. The quantitative estimate of drug-likeness (QED) is 0.865. The first-order valence-electron chi connectivity index (χ1n) is 7.02. The maximum atomic E-state index is 5.51. The van der Waals surface area contributed by atoms with Gasteiger partial charge in [-0.15, -0.1) is 0 Å². The highest BCUT2D eigenvalue weighted by molar-refractivity contribution is 7.80. The van der Waals surface area contributed by atoms with Gasteiger partial charge >= 0.3 is 0 Å². The standard InChI is InChI=1S/C15H22N2O2S/c1-18-13-9-12(10-14(11-13)19-2)16-15(20)17-7-5-3-4-6-8-17/h9-11H,3-8H2,1-2H3,(H,16,20). The molecule has 0 unspecified atom stereocenters. The van der Waals surface area contributed by atoms with Crippen LogP contribution < -0.4 is 14.8 Å². The zero-order valence-corrected chi connectivity index (χ0v) is 13.0. The van der Waals surface area contributed by atoms with Crippen molar-refractivity contribution >= 4 is 23.0 Å². The smallest absolute Gasteiger partial charge is 0.173 e. The van der Waals surface area contributed by atoms with Gasteiger partial charge in [0.2, 0.25) is 0 Å². The lowest BCUT2D eigenvalue weighted by Gasteiger charge is -2.24. The average molecular weight is 294 g/mol. The van der Waals surface area contributed by atoms with Gasteiger partial charge in [-0.05, 0) is 25.1 Å². The molecule has 1 saturated heterocycles. The van der Waals surface area contributed by atoms with Crippen molar-refractivity contribution in [3.63, 3.8) is 0 Å². The van der Waals surface area contributed by atoms with Crippen LogP contribution in [-0.2, 0) is 0 Å². The molecule has 1 heterocycles. The molecule has 2 rings (SSSR count). The van der Waals surface area contributed by atoms with Gasteiger partial charge in [0.25, 0.3) is 0 Å². The number of thiocarbonyl (C=S) groups is 1. The molecule has 4 nitrogen and oxygen atoms in total. The SMILES string of the molecule is COc1cc(NC(=S)N2CCCCCC2)cc(OC)c1. The molecule has 1 aromatic rings. The molecule has 0 aliphatic carbocycles. The van der Waals surface area contributed by atoms with Crippen LogP contribution in [0.5, 0.6) is 11.5 Å². The first kappa shape index (κ1) is 14.9. The second-order valence-electron chi connectivity index (χ2n) is 4.93. The third kappa shape index (κ3) is 4.00. The molecule has 0 aromatic heterocycles. The third-order valence-corrected chi connectivity index (χ3v) is 3.86. The van der Waals surface area contributed by atoms with Crippen LogP contribution >= 0.6 is 12.2 Å². The normalized spacial score (nSPS) is 15.4. The molecule has 0 saturated carbocycles. The summed E-state index contributed by atoms with van der Waals surface area (Å²) < 4.78 is 10.5. The Kier molecular flexibility index (Phi) is 5.47. The van der Waals surface area contributed by atoms with E-state index in [1.807, 2.05) is 18.2 Å². The molecular weight excluding hydrogens is 272 g/mol. The van der Waals surface area contributed by atoms with E-state index in [1.54, 1.807) is 14.2 Å². The second-order valence-corrected chi connectivity index (χ2v) is 5.32. The summed E-state index contributed by atoms with van der Waals surface area (Å²) in [5.41, 5.74) is 0.899. The van der Waals surface area contributed by atoms with Crippen molar-refractivity contribution in [1.82, 2.24) is 4.90 Å². The highest BCUT2D eigenvalue weighted by atomic mass is 32.1. The van der Waals surface area contributed by atoms with Gasteiger partial charge in [-0.1, -0.05) is 12.8 Å². The third-order valence-electron chi connectivity index (χ3n) is 3.50. The van der Waals surface area contributed by atoms with Gasteiger partial charge in [0.1, 0.15) is 11.5 Å². The zero-order chi connectivity index (χ0) is 14.4. The molecule has 1 aliphatic heterocycles. The molecule has 0 amide bonds. The number of hydrogen-bond donors (Lipinski definition) is 1. The van der Waals surface area contributed by atoms with E-state index in [0.29, 0.717) is 0 Å². The van der Waals surface area contributed by atoms with Gasteiger partial charge in [0.15, 0.2) is 5.11 Å². The van der Waals surface area contributed by atoms with E-state index in [-0.39, 0.29) is 0 Å². The summed E-state index contributed by atoms with van der Waals surface area (Å²) in [6.45, 7) is 2.07. The molecule has 1 aliphatic rings. The Hall–Kier alpha value is -1.49. The summed E-state index contributed by atoms with van der Waals surface area (Å²) in [4.78, 5) is 2.24. The minimum absolute atomic E-state index is 0.755. The zero-order valence-electron chi connectivity index (χ0n) is 12.1. The molecule has 0 bridgehead atoms. The lowest BCUT2D eigenvalue weighted by atomic mass is 10.2.